The summed E-state index contributed by atoms with van der Waals surface area (Å²) in [5, 5.41) is 0. The van der Waals surface area contributed by atoms with Crippen LogP contribution in [0, 0.1) is 5.82 Å². The van der Waals surface area contributed by atoms with Crippen LogP contribution in [0.3, 0.4) is 0 Å². The normalized spacial score (nSPS) is 10.1. The van der Waals surface area contributed by atoms with E-state index in [4.69, 9.17) is 10.5 Å². The first-order valence-electron chi connectivity index (χ1n) is 4.35. The monoisotopic (exact) mass is 283 g/mol. The average molecular weight is 284 g/mol. The molecule has 0 aliphatic rings. The van der Waals surface area contributed by atoms with Crippen LogP contribution in [0.2, 0.25) is 0 Å². The third kappa shape index (κ3) is 2.46. The molecule has 6 heteroatoms. The van der Waals surface area contributed by atoms with Crippen molar-refractivity contribution in [2.24, 2.45) is 0 Å². The molecule has 0 spiro atoms. The van der Waals surface area contributed by atoms with Gasteiger partial charge in [0.25, 0.3) is 0 Å². The van der Waals surface area contributed by atoms with Crippen LogP contribution in [0.5, 0.6) is 11.8 Å². The van der Waals surface area contributed by atoms with Crippen LogP contribution in [0.4, 0.5) is 10.1 Å². The van der Waals surface area contributed by atoms with Crippen LogP contribution in [-0.2, 0) is 0 Å². The highest BCUT2D eigenvalue weighted by Crippen LogP contribution is 2.22. The zero-order valence-corrected chi connectivity index (χ0v) is 9.61. The maximum atomic E-state index is 13.1. The Morgan fingerprint density at radius 1 is 1.25 bits per heavy atom. The number of nitrogens with zero attached hydrogens (tertiary/aromatic N) is 2. The van der Waals surface area contributed by atoms with Gasteiger partial charge in [-0.3, -0.25) is 0 Å². The van der Waals surface area contributed by atoms with E-state index >= 15 is 0 Å². The van der Waals surface area contributed by atoms with Gasteiger partial charge in [0.05, 0.1) is 10.2 Å². The van der Waals surface area contributed by atoms with E-state index in [1.54, 1.807) is 6.07 Å². The van der Waals surface area contributed by atoms with Crippen molar-refractivity contribution in [2.75, 3.05) is 5.73 Å². The van der Waals surface area contributed by atoms with E-state index in [2.05, 4.69) is 25.9 Å². The van der Waals surface area contributed by atoms with Gasteiger partial charge in [-0.05, 0) is 28.1 Å². The van der Waals surface area contributed by atoms with E-state index in [1.165, 1.54) is 24.5 Å². The topological polar surface area (TPSA) is 61.0 Å². The van der Waals surface area contributed by atoms with Crippen LogP contribution in [-0.4, -0.2) is 9.97 Å². The van der Waals surface area contributed by atoms with Crippen molar-refractivity contribution in [2.45, 2.75) is 0 Å². The summed E-state index contributed by atoms with van der Waals surface area (Å²) in [5.41, 5.74) is 5.41. The highest BCUT2D eigenvalue weighted by atomic mass is 79.9. The quantitative estimate of drug-likeness (QED) is 0.861. The highest BCUT2D eigenvalue weighted by Gasteiger charge is 2.03. The standard InChI is InChI=1S/C10H7BrFN3O/c11-6-4-14-10(15-5-6)16-7-1-2-9(13)8(12)3-7/h1-5H,13H2. The molecule has 0 amide bonds. The lowest BCUT2D eigenvalue weighted by atomic mass is 10.3. The molecule has 16 heavy (non-hydrogen) atoms. The maximum Gasteiger partial charge on any atom is 0.321 e. The second-order valence-electron chi connectivity index (χ2n) is 2.97. The molecule has 0 atom stereocenters. The zero-order chi connectivity index (χ0) is 11.5. The van der Waals surface area contributed by atoms with Gasteiger partial charge in [-0.15, -0.1) is 0 Å². The highest BCUT2D eigenvalue weighted by molar-refractivity contribution is 9.10. The Kier molecular flexibility index (Phi) is 3.00. The van der Waals surface area contributed by atoms with E-state index in [1.807, 2.05) is 0 Å². The van der Waals surface area contributed by atoms with Crippen molar-refractivity contribution in [3.63, 3.8) is 0 Å². The molecule has 1 aromatic heterocycles. The molecule has 4 nitrogen and oxygen atoms in total. The summed E-state index contributed by atoms with van der Waals surface area (Å²) in [4.78, 5) is 7.78. The lowest BCUT2D eigenvalue weighted by Gasteiger charge is -2.04. The fourth-order valence-corrected chi connectivity index (χ4v) is 1.23. The third-order valence-corrected chi connectivity index (χ3v) is 2.19. The van der Waals surface area contributed by atoms with Gasteiger partial charge in [0.1, 0.15) is 11.6 Å². The molecule has 2 aromatic rings. The summed E-state index contributed by atoms with van der Waals surface area (Å²) >= 11 is 3.19. The Morgan fingerprint density at radius 2 is 1.94 bits per heavy atom. The van der Waals surface area contributed by atoms with Gasteiger partial charge in [-0.25, -0.2) is 14.4 Å². The molecule has 1 heterocycles. The molecule has 2 N–H and O–H groups in total. The Bertz CT molecular complexity index is 504. The first-order valence-corrected chi connectivity index (χ1v) is 5.15. The Hall–Kier alpha value is -1.69. The number of nitrogen functional groups attached to an aromatic ring is 1. The van der Waals surface area contributed by atoms with Crippen LogP contribution in [0.25, 0.3) is 0 Å². The van der Waals surface area contributed by atoms with Gasteiger partial charge >= 0.3 is 6.01 Å². The first kappa shape index (κ1) is 10.8. The van der Waals surface area contributed by atoms with Crippen molar-refractivity contribution >= 4 is 21.6 Å². The second-order valence-corrected chi connectivity index (χ2v) is 3.88. The number of benzene rings is 1. The van der Waals surface area contributed by atoms with Gasteiger partial charge in [-0.2, -0.15) is 0 Å². The number of rotatable bonds is 2. The fourth-order valence-electron chi connectivity index (χ4n) is 1.03. The van der Waals surface area contributed by atoms with Gasteiger partial charge in [-0.1, -0.05) is 0 Å². The Balaban J connectivity index is 2.20. The largest absolute Gasteiger partial charge is 0.424 e. The lowest BCUT2D eigenvalue weighted by Crippen LogP contribution is -1.94. The summed E-state index contributed by atoms with van der Waals surface area (Å²) < 4.78 is 19.1. The Morgan fingerprint density at radius 3 is 2.56 bits per heavy atom. The number of hydrogen-bond acceptors (Lipinski definition) is 4. The van der Waals surface area contributed by atoms with Gasteiger partial charge in [0.15, 0.2) is 0 Å². The van der Waals surface area contributed by atoms with Crippen molar-refractivity contribution in [1.82, 2.24) is 9.97 Å². The molecule has 0 radical (unpaired) electrons. The van der Waals surface area contributed by atoms with E-state index in [0.29, 0.717) is 5.75 Å². The molecule has 0 bridgehead atoms. The van der Waals surface area contributed by atoms with Crippen molar-refractivity contribution in [3.05, 3.63) is 40.9 Å². The van der Waals surface area contributed by atoms with Crippen molar-refractivity contribution in [1.29, 1.82) is 0 Å². The van der Waals surface area contributed by atoms with Crippen molar-refractivity contribution in [3.8, 4) is 11.8 Å². The number of ether oxygens (including phenoxy) is 1. The molecule has 82 valence electrons. The number of aromatic nitrogens is 2. The summed E-state index contributed by atoms with van der Waals surface area (Å²) in [5.74, 6) is -0.233. The van der Waals surface area contributed by atoms with E-state index in [-0.39, 0.29) is 11.7 Å². The molecule has 0 aliphatic carbocycles. The number of hydrogen-bond donors (Lipinski definition) is 1. The summed E-state index contributed by atoms with van der Waals surface area (Å²) in [6, 6.07) is 4.29. The van der Waals surface area contributed by atoms with E-state index in [0.717, 1.165) is 4.47 Å². The SMILES string of the molecule is Nc1ccc(Oc2ncc(Br)cn2)cc1F. The third-order valence-electron chi connectivity index (χ3n) is 1.78. The van der Waals surface area contributed by atoms with Gasteiger partial charge in [0, 0.05) is 18.5 Å². The van der Waals surface area contributed by atoms with E-state index in [9.17, 15) is 4.39 Å². The molecule has 0 unspecified atom stereocenters. The minimum Gasteiger partial charge on any atom is -0.424 e. The first-order chi connectivity index (χ1) is 7.65. The average Bonchev–Trinajstić information content (AvgIpc) is 2.27. The number of nitrogens with two attached hydrogens (primary N) is 1. The van der Waals surface area contributed by atoms with Crippen LogP contribution < -0.4 is 10.5 Å². The maximum absolute atomic E-state index is 13.1. The van der Waals surface area contributed by atoms with Crippen LogP contribution in [0.1, 0.15) is 0 Å². The van der Waals surface area contributed by atoms with E-state index < -0.39 is 5.82 Å². The predicted octanol–water partition coefficient (Wildman–Crippen LogP) is 2.75. The molecule has 2 rings (SSSR count). The fraction of sp³-hybridized carbons (Fsp3) is 0. The van der Waals surface area contributed by atoms with Crippen LogP contribution in [0.15, 0.2) is 35.1 Å². The van der Waals surface area contributed by atoms with Crippen molar-refractivity contribution < 1.29 is 9.13 Å². The molecular weight excluding hydrogens is 277 g/mol. The van der Waals surface area contributed by atoms with Gasteiger partial charge in [0.2, 0.25) is 0 Å². The minimum atomic E-state index is -0.533. The Labute approximate surface area is 99.4 Å². The van der Waals surface area contributed by atoms with Crippen LogP contribution >= 0.6 is 15.9 Å². The molecule has 0 fully saturated rings. The summed E-state index contributed by atoms with van der Waals surface area (Å²) in [6.07, 6.45) is 3.08. The molecule has 0 saturated heterocycles. The smallest absolute Gasteiger partial charge is 0.321 e. The lowest BCUT2D eigenvalue weighted by molar-refractivity contribution is 0.438. The predicted molar refractivity (Wildman–Crippen MR) is 60.6 cm³/mol. The summed E-state index contributed by atoms with van der Waals surface area (Å²) in [6.45, 7) is 0. The molecule has 0 aliphatic heterocycles. The molecular formula is C10H7BrFN3O. The minimum absolute atomic E-state index is 0.0732. The second kappa shape index (κ2) is 4.44. The zero-order valence-electron chi connectivity index (χ0n) is 8.02. The number of anilines is 1. The number of halogens is 2. The van der Waals surface area contributed by atoms with Gasteiger partial charge < -0.3 is 10.5 Å². The molecule has 0 saturated carbocycles. The molecule has 1 aromatic carbocycles. The summed E-state index contributed by atoms with van der Waals surface area (Å²) in [7, 11) is 0.